The maximum absolute atomic E-state index is 10.1. The third-order valence-corrected chi connectivity index (χ3v) is 6.41. The lowest BCUT2D eigenvalue weighted by atomic mass is 10.2. The molecule has 0 heterocycles. The van der Waals surface area contributed by atoms with Crippen LogP contribution in [0.1, 0.15) is 85.5 Å². The molecule has 0 amide bonds. The summed E-state index contributed by atoms with van der Waals surface area (Å²) in [6.07, 6.45) is 18.5. The average Bonchev–Trinajstić information content (AvgIpc) is 3.19. The fraction of sp³-hybridized carbons (Fsp3) is 0.605. The number of unbranched alkanes of at least 4 members (excludes halogenated alkanes) is 1. The Kier molecular flexibility index (Phi) is 59.8. The van der Waals surface area contributed by atoms with Crippen molar-refractivity contribution in [2.24, 2.45) is 57.3 Å². The highest BCUT2D eigenvalue weighted by Crippen LogP contribution is 1.97. The highest BCUT2D eigenvalue weighted by Gasteiger charge is 2.10. The van der Waals surface area contributed by atoms with Gasteiger partial charge in [0.25, 0.3) is 0 Å². The molecule has 0 saturated carbocycles. The standard InChI is InChI=1S/C6H14N2O2.2C6H12N2O2.2C5H11NO2.2C5H9NO2/c3*7-4-2-1-3-5(8)6(9)10;4*1-2-3-4(6)5(7)8/h5H,1-4,7-8H2,(H,9,10);2*1,3,5H,2,4,7-8H2,(H,9,10);2*4H,2-3,6H2,1H3,(H,7,8);2*2-4H,6H2,1H3,(H,7,8)/b;2*3-1+;;;2*3-2+/i3*6+1;;;;. The van der Waals surface area contributed by atoms with Crippen LogP contribution in [0.15, 0.2) is 48.6 Å². The Balaban J connectivity index is -0.000000114. The molecule has 0 fully saturated rings. The van der Waals surface area contributed by atoms with Crippen LogP contribution in [0.3, 0.4) is 0 Å². The van der Waals surface area contributed by atoms with Gasteiger partial charge in [-0.3, -0.25) is 33.6 Å². The van der Waals surface area contributed by atoms with Crippen LogP contribution in [0.2, 0.25) is 0 Å². The second kappa shape index (κ2) is 52.0. The van der Waals surface area contributed by atoms with Gasteiger partial charge in [0.15, 0.2) is 0 Å². The molecule has 62 heavy (non-hydrogen) atoms. The lowest BCUT2D eigenvalue weighted by molar-refractivity contribution is -0.139. The van der Waals surface area contributed by atoms with Gasteiger partial charge in [-0.1, -0.05) is 81.7 Å². The minimum Gasteiger partial charge on any atom is -0.480 e. The van der Waals surface area contributed by atoms with Crippen molar-refractivity contribution in [1.29, 1.82) is 0 Å². The molecule has 24 nitrogen and oxygen atoms in total. The Hall–Kier alpha value is -5.15. The molecule has 24 heteroatoms. The highest BCUT2D eigenvalue weighted by molar-refractivity contribution is 5.77. The molecule has 0 radical (unpaired) electrons. The lowest BCUT2D eigenvalue weighted by Gasteiger charge is -2.03. The minimum atomic E-state index is -1.02. The third kappa shape index (κ3) is 64.0. The maximum Gasteiger partial charge on any atom is 0.324 e. The second-order valence-electron chi connectivity index (χ2n) is 12.2. The molecule has 7 atom stereocenters. The summed E-state index contributed by atoms with van der Waals surface area (Å²) in [5.41, 5.74) is 51.3. The van der Waals surface area contributed by atoms with Gasteiger partial charge in [-0.2, -0.15) is 0 Å². The molecule has 0 aliphatic rings. The Bertz CT molecular complexity index is 1210. The van der Waals surface area contributed by atoms with E-state index in [0.717, 1.165) is 25.7 Å². The Labute approximate surface area is 364 Å². The van der Waals surface area contributed by atoms with Crippen LogP contribution in [0, 0.1) is 0 Å². The van der Waals surface area contributed by atoms with Crippen LogP contribution in [0.4, 0.5) is 0 Å². The molecule has 7 unspecified atom stereocenters. The summed E-state index contributed by atoms with van der Waals surface area (Å²) in [6.45, 7) is 8.90. The normalized spacial score (nSPS) is 13.6. The number of carboxylic acid groups (broad SMARTS) is 7. The van der Waals surface area contributed by atoms with Crippen molar-refractivity contribution >= 4 is 41.8 Å². The van der Waals surface area contributed by atoms with E-state index in [4.69, 9.17) is 93.1 Å². The van der Waals surface area contributed by atoms with Crippen LogP contribution in [-0.2, 0) is 33.6 Å². The summed E-state index contributed by atoms with van der Waals surface area (Å²) in [4.78, 5) is 70.1. The molecule has 0 rings (SSSR count). The zero-order valence-electron chi connectivity index (χ0n) is 36.4. The molecule has 0 aliphatic heterocycles. The zero-order chi connectivity index (χ0) is 50.2. The van der Waals surface area contributed by atoms with E-state index < -0.39 is 84.1 Å². The lowest BCUT2D eigenvalue weighted by Crippen LogP contribution is -2.29. The molecule has 0 aromatic carbocycles. The predicted octanol–water partition coefficient (Wildman–Crippen LogP) is -1.52. The number of hydrogen-bond donors (Lipinski definition) is 17. The van der Waals surface area contributed by atoms with Crippen molar-refractivity contribution in [2.75, 3.05) is 19.6 Å². The van der Waals surface area contributed by atoms with E-state index in [1.807, 2.05) is 13.8 Å². The minimum absolute atomic E-state index is 0.517. The first kappa shape index (κ1) is 71.4. The third-order valence-electron chi connectivity index (χ3n) is 6.41. The summed E-state index contributed by atoms with van der Waals surface area (Å²) in [5.74, 6) is -6.79. The van der Waals surface area contributed by atoms with Crippen molar-refractivity contribution in [2.45, 2.75) is 128 Å². The number of aliphatic carboxylic acids is 7. The SMILES string of the molecule is C/C=C/C(N)C(=O)O.C/C=C/C(N)C(=O)O.CCCC(N)C(=O)O.CCCC(N)C(=O)O.NCC/C=C/C(N)[13C](=O)O.NCC/C=C/C(N)[13C](=O)O.NCCCCC(N)[13C](=O)O. The molecule has 0 aliphatic carbocycles. The summed E-state index contributed by atoms with van der Waals surface area (Å²) in [5, 5.41) is 57.5. The fourth-order valence-electron chi connectivity index (χ4n) is 2.92. The predicted molar refractivity (Wildman–Crippen MR) is 237 cm³/mol. The van der Waals surface area contributed by atoms with Crippen molar-refractivity contribution in [3.8, 4) is 0 Å². The molecular weight excluding hydrogens is 823 g/mol. The molecule has 27 N–H and O–H groups in total. The van der Waals surface area contributed by atoms with Crippen molar-refractivity contribution in [1.82, 2.24) is 0 Å². The summed E-state index contributed by atoms with van der Waals surface area (Å²) in [7, 11) is 0. The Morgan fingerprint density at radius 2 is 0.661 bits per heavy atom. The van der Waals surface area contributed by atoms with E-state index in [9.17, 15) is 33.6 Å². The summed E-state index contributed by atoms with van der Waals surface area (Å²) < 4.78 is 0. The van der Waals surface area contributed by atoms with Gasteiger partial charge in [0.05, 0.1) is 0 Å². The molecule has 0 aromatic rings. The molecule has 0 bridgehead atoms. The number of allylic oxidation sites excluding steroid dienone is 2. The van der Waals surface area contributed by atoms with Crippen LogP contribution < -0.4 is 57.3 Å². The second-order valence-corrected chi connectivity index (χ2v) is 12.2. The van der Waals surface area contributed by atoms with Crippen molar-refractivity contribution < 1.29 is 69.3 Å². The van der Waals surface area contributed by atoms with Gasteiger partial charge in [-0.15, -0.1) is 0 Å². The van der Waals surface area contributed by atoms with Crippen LogP contribution in [0.5, 0.6) is 0 Å². The van der Waals surface area contributed by atoms with Crippen molar-refractivity contribution in [3.05, 3.63) is 48.6 Å². The van der Waals surface area contributed by atoms with E-state index in [-0.39, 0.29) is 0 Å². The van der Waals surface area contributed by atoms with Crippen molar-refractivity contribution in [3.63, 3.8) is 0 Å². The number of carboxylic acids is 7. The first-order valence-electron chi connectivity index (χ1n) is 19.3. The number of rotatable bonds is 23. The first-order valence-corrected chi connectivity index (χ1v) is 19.3. The molecule has 0 aromatic heterocycles. The molecule has 0 saturated heterocycles. The van der Waals surface area contributed by atoms with Gasteiger partial charge in [-0.25, -0.2) is 0 Å². The zero-order valence-corrected chi connectivity index (χ0v) is 36.4. The van der Waals surface area contributed by atoms with Crippen LogP contribution in [0.25, 0.3) is 0 Å². The number of carbonyl (C=O) groups is 7. The van der Waals surface area contributed by atoms with E-state index in [1.54, 1.807) is 38.2 Å². The van der Waals surface area contributed by atoms with E-state index >= 15 is 0 Å². The Morgan fingerprint density at radius 3 is 0.823 bits per heavy atom. The number of hydrogen-bond acceptors (Lipinski definition) is 17. The number of nitrogens with two attached hydrogens (primary N) is 10. The van der Waals surface area contributed by atoms with E-state index in [0.29, 0.717) is 51.7 Å². The Morgan fingerprint density at radius 1 is 0.403 bits per heavy atom. The maximum atomic E-state index is 10.1. The van der Waals surface area contributed by atoms with E-state index in [1.165, 1.54) is 24.3 Å². The largest absolute Gasteiger partial charge is 0.480 e. The van der Waals surface area contributed by atoms with Gasteiger partial charge in [0, 0.05) is 0 Å². The fourth-order valence-corrected chi connectivity index (χ4v) is 2.92. The quantitative estimate of drug-likeness (QED) is 0.0314. The summed E-state index contributed by atoms with van der Waals surface area (Å²) >= 11 is 0. The van der Waals surface area contributed by atoms with Gasteiger partial charge in [0.2, 0.25) is 0 Å². The summed E-state index contributed by atoms with van der Waals surface area (Å²) in [6, 6.07) is -5.54. The van der Waals surface area contributed by atoms with Gasteiger partial charge in [0.1, 0.15) is 42.3 Å². The smallest absolute Gasteiger partial charge is 0.324 e. The molecule has 0 spiro atoms. The van der Waals surface area contributed by atoms with Gasteiger partial charge >= 0.3 is 41.8 Å². The molecule has 364 valence electrons. The van der Waals surface area contributed by atoms with Crippen LogP contribution in [-0.4, -0.2) is 139 Å². The van der Waals surface area contributed by atoms with Gasteiger partial charge < -0.3 is 93.1 Å². The first-order chi connectivity index (χ1) is 28.8. The highest BCUT2D eigenvalue weighted by atomic mass is 16.5. The van der Waals surface area contributed by atoms with E-state index in [2.05, 4.69) is 0 Å². The molecular formula is C38H78N10O14. The topological polar surface area (TPSA) is 521 Å². The van der Waals surface area contributed by atoms with Crippen LogP contribution >= 0.6 is 0 Å². The monoisotopic (exact) mass is 902 g/mol. The van der Waals surface area contributed by atoms with Gasteiger partial charge in [-0.05, 0) is 72.0 Å². The average molecular weight is 902 g/mol.